The molecule has 0 aromatic heterocycles. The van der Waals surface area contributed by atoms with E-state index in [0.29, 0.717) is 0 Å². The highest BCUT2D eigenvalue weighted by atomic mass is 16.2. The Morgan fingerprint density at radius 2 is 1.85 bits per heavy atom. The van der Waals surface area contributed by atoms with Gasteiger partial charge in [0.2, 0.25) is 5.91 Å². The number of likely N-dealkylation sites (tertiary alicyclic amines) is 1. The molecule has 1 aliphatic heterocycles. The minimum atomic E-state index is -0.118. The molecule has 1 rings (SSSR count). The Morgan fingerprint density at radius 3 is 2.50 bits per heavy atom. The summed E-state index contributed by atoms with van der Waals surface area (Å²) in [4.78, 5) is 13.5. The zero-order valence-electron chi connectivity index (χ0n) is 11.3. The molecule has 1 N–H and O–H groups in total. The zero-order valence-corrected chi connectivity index (χ0v) is 11.3. The van der Waals surface area contributed by atoms with Crippen LogP contribution in [0.4, 0.5) is 0 Å². The maximum Gasteiger partial charge on any atom is 0.242 e. The fourth-order valence-corrected chi connectivity index (χ4v) is 1.74. The predicted octanol–water partition coefficient (Wildman–Crippen LogP) is 1.74. The molecule has 0 bridgehead atoms. The lowest BCUT2D eigenvalue weighted by Gasteiger charge is -2.19. The third-order valence-corrected chi connectivity index (χ3v) is 2.61. The molecule has 1 heterocycles. The molecule has 0 aliphatic carbocycles. The Hall–Kier alpha value is -2.97. The van der Waals surface area contributed by atoms with E-state index in [1.807, 2.05) is 4.90 Å². The van der Waals surface area contributed by atoms with Gasteiger partial charge in [-0.2, -0.15) is 0 Å². The van der Waals surface area contributed by atoms with Gasteiger partial charge in [-0.05, 0) is 65.3 Å². The van der Waals surface area contributed by atoms with E-state index in [-0.39, 0.29) is 11.9 Å². The fraction of sp³-hybridized carbons (Fsp3) is 0.294. The van der Waals surface area contributed by atoms with Gasteiger partial charge in [-0.3, -0.25) is 4.79 Å². The Kier molecular flexibility index (Phi) is 6.81. The van der Waals surface area contributed by atoms with Crippen LogP contribution >= 0.6 is 0 Å². The van der Waals surface area contributed by atoms with Gasteiger partial charge in [0.05, 0.1) is 6.20 Å². The van der Waals surface area contributed by atoms with Crippen molar-refractivity contribution in [2.75, 3.05) is 13.6 Å². The van der Waals surface area contributed by atoms with Crippen LogP contribution in [0, 0.1) is 0 Å². The molecule has 0 aromatic carbocycles. The number of nitrogens with zero attached hydrogens (tertiary/aromatic N) is 1. The van der Waals surface area contributed by atoms with Crippen LogP contribution in [-0.2, 0) is 4.79 Å². The fourth-order valence-electron chi connectivity index (χ4n) is 1.74. The molecule has 0 spiro atoms. The molecule has 98 valence electrons. The van der Waals surface area contributed by atoms with E-state index in [1.165, 1.54) is 0 Å². The minimum Gasteiger partial charge on any atom is -0.359 e. The van der Waals surface area contributed by atoms with Crippen molar-refractivity contribution in [3.63, 3.8) is 0 Å². The summed E-state index contributed by atoms with van der Waals surface area (Å²) in [7, 11) is 1.64. The quantitative estimate of drug-likeness (QED) is 0.769. The molecular formula is C17H14N2O. The first kappa shape index (κ1) is 15.1. The van der Waals surface area contributed by atoms with Gasteiger partial charge in [-0.25, -0.2) is 0 Å². The average Bonchev–Trinajstić information content (AvgIpc) is 2.93. The van der Waals surface area contributed by atoms with E-state index < -0.39 is 0 Å². The molecule has 1 aliphatic rings. The van der Waals surface area contributed by atoms with Crippen molar-refractivity contribution in [2.45, 2.75) is 18.9 Å². The first-order valence-corrected chi connectivity index (χ1v) is 6.13. The van der Waals surface area contributed by atoms with Crippen molar-refractivity contribution in [3.05, 3.63) is 64.4 Å². The van der Waals surface area contributed by atoms with Crippen molar-refractivity contribution in [3.8, 4) is 0 Å². The van der Waals surface area contributed by atoms with Crippen molar-refractivity contribution in [2.24, 2.45) is 0 Å². The molecule has 0 radical (unpaired) electrons. The van der Waals surface area contributed by atoms with Crippen LogP contribution in [0.25, 0.3) is 0 Å². The highest BCUT2D eigenvalue weighted by molar-refractivity contribution is 5.81. The first-order valence-electron chi connectivity index (χ1n) is 6.13. The summed E-state index contributed by atoms with van der Waals surface area (Å²) in [5.41, 5.74) is 23.1. The maximum absolute atomic E-state index is 11.6. The number of rotatable bonds is 2. The summed E-state index contributed by atoms with van der Waals surface area (Å²) in [6, 6.07) is -0.118. The lowest BCUT2D eigenvalue weighted by molar-refractivity contribution is -0.124. The molecule has 20 heavy (non-hydrogen) atoms. The monoisotopic (exact) mass is 262 g/mol. The van der Waals surface area contributed by atoms with Gasteiger partial charge in [0.25, 0.3) is 0 Å². The lowest BCUT2D eigenvalue weighted by Crippen LogP contribution is -2.39. The van der Waals surface area contributed by atoms with Gasteiger partial charge in [0.15, 0.2) is 0 Å². The summed E-state index contributed by atoms with van der Waals surface area (Å²) >= 11 is 0. The number of carbonyl (C=O) groups excluding carboxylic acids is 1. The van der Waals surface area contributed by atoms with Crippen molar-refractivity contribution < 1.29 is 4.79 Å². The number of amides is 1. The number of carbonyl (C=O) groups is 1. The molecule has 1 amide bonds. The van der Waals surface area contributed by atoms with Gasteiger partial charge in [0, 0.05) is 13.6 Å². The molecule has 3 heteroatoms. The third-order valence-electron chi connectivity index (χ3n) is 2.61. The normalized spacial score (nSPS) is 14.7. The second-order valence-electron chi connectivity index (χ2n) is 3.84. The van der Waals surface area contributed by atoms with Gasteiger partial charge in [0.1, 0.15) is 6.04 Å². The van der Waals surface area contributed by atoms with Crippen LogP contribution < -0.4 is 5.32 Å². The Morgan fingerprint density at radius 1 is 1.20 bits per heavy atom. The summed E-state index contributed by atoms with van der Waals surface area (Å²) in [5.74, 6) is 0.0232. The minimum absolute atomic E-state index is 0.0232. The van der Waals surface area contributed by atoms with Crippen molar-refractivity contribution in [1.82, 2.24) is 10.2 Å². The summed E-state index contributed by atoms with van der Waals surface area (Å²) in [6.07, 6.45) is 3.56. The van der Waals surface area contributed by atoms with Crippen LogP contribution in [-0.4, -0.2) is 30.4 Å². The maximum atomic E-state index is 11.6. The molecule has 1 fully saturated rings. The van der Waals surface area contributed by atoms with E-state index in [4.69, 9.17) is 0 Å². The first-order chi connectivity index (χ1) is 9.79. The number of hydrogen-bond acceptors (Lipinski definition) is 2. The smallest absolute Gasteiger partial charge is 0.242 e. The topological polar surface area (TPSA) is 32.3 Å². The summed E-state index contributed by atoms with van der Waals surface area (Å²) < 4.78 is 0. The number of nitrogens with one attached hydrogen (secondary N) is 1. The zero-order chi connectivity index (χ0) is 14.6. The SMILES string of the molecule is C=C=C=C=C=C=C=C=C=C=CN1CCCC1C(=O)NC. The van der Waals surface area contributed by atoms with Gasteiger partial charge < -0.3 is 10.2 Å². The van der Waals surface area contributed by atoms with E-state index in [9.17, 15) is 4.79 Å². The standard InChI is InChI=1S/C17H14N2O/c1-3-4-5-6-7-8-9-10-11-14-19-15-12-13-16(19)17(20)18-2/h14,16H,1,12-13,15H2,2H3,(H,18,20). The Balaban J connectivity index is 2.92. The van der Waals surface area contributed by atoms with Crippen LogP contribution in [0.5, 0.6) is 0 Å². The highest BCUT2D eigenvalue weighted by Gasteiger charge is 2.27. The van der Waals surface area contributed by atoms with Gasteiger partial charge >= 0.3 is 0 Å². The molecule has 0 aromatic rings. The van der Waals surface area contributed by atoms with Crippen LogP contribution in [0.1, 0.15) is 12.8 Å². The molecule has 1 unspecified atom stereocenters. The lowest BCUT2D eigenvalue weighted by atomic mass is 10.2. The van der Waals surface area contributed by atoms with Crippen LogP contribution in [0.15, 0.2) is 64.4 Å². The largest absolute Gasteiger partial charge is 0.359 e. The highest BCUT2D eigenvalue weighted by Crippen LogP contribution is 2.16. The van der Waals surface area contributed by atoms with Crippen LogP contribution in [0.2, 0.25) is 0 Å². The third kappa shape index (κ3) is 5.12. The van der Waals surface area contributed by atoms with Crippen molar-refractivity contribution in [1.29, 1.82) is 0 Å². The predicted molar refractivity (Wildman–Crippen MR) is 75.6 cm³/mol. The Labute approximate surface area is 118 Å². The van der Waals surface area contributed by atoms with E-state index in [0.717, 1.165) is 19.4 Å². The second kappa shape index (κ2) is 9.03. The van der Waals surface area contributed by atoms with E-state index >= 15 is 0 Å². The average molecular weight is 262 g/mol. The summed E-state index contributed by atoms with van der Waals surface area (Å²) in [5, 5.41) is 2.65. The molecular weight excluding hydrogens is 248 g/mol. The molecule has 3 nitrogen and oxygen atoms in total. The molecule has 0 saturated carbocycles. The number of hydrogen-bond donors (Lipinski definition) is 1. The number of likely N-dealkylation sites (N-methyl/N-ethyl adjacent to an activating group) is 1. The second-order valence-corrected chi connectivity index (χ2v) is 3.84. The van der Waals surface area contributed by atoms with E-state index in [2.05, 4.69) is 63.5 Å². The van der Waals surface area contributed by atoms with Crippen molar-refractivity contribution >= 4 is 5.91 Å². The van der Waals surface area contributed by atoms with Crippen LogP contribution in [0.3, 0.4) is 0 Å². The van der Waals surface area contributed by atoms with Gasteiger partial charge in [-0.15, -0.1) is 0 Å². The molecule has 1 saturated heterocycles. The Bertz CT molecular complexity index is 705. The van der Waals surface area contributed by atoms with E-state index in [1.54, 1.807) is 13.2 Å². The summed E-state index contributed by atoms with van der Waals surface area (Å²) in [6.45, 7) is 4.16. The van der Waals surface area contributed by atoms with Gasteiger partial charge in [-0.1, -0.05) is 5.73 Å². The molecule has 1 atom stereocenters.